The van der Waals surface area contributed by atoms with Crippen molar-refractivity contribution in [1.29, 1.82) is 0 Å². The molecule has 0 unspecified atom stereocenters. The van der Waals surface area contributed by atoms with Gasteiger partial charge in [0.25, 0.3) is 5.56 Å². The van der Waals surface area contributed by atoms with E-state index >= 15 is 0 Å². The second-order valence-corrected chi connectivity index (χ2v) is 12.0. The van der Waals surface area contributed by atoms with Crippen molar-refractivity contribution in [3.63, 3.8) is 0 Å². The lowest BCUT2D eigenvalue weighted by Gasteiger charge is -2.42. The number of benzene rings is 2. The monoisotopic (exact) mass is 562 g/mol. The van der Waals surface area contributed by atoms with E-state index in [-0.39, 0.29) is 17.0 Å². The van der Waals surface area contributed by atoms with Crippen LogP contribution in [0.15, 0.2) is 63.8 Å². The first-order valence-corrected chi connectivity index (χ1v) is 14.3. The Bertz CT molecular complexity index is 1580. The Morgan fingerprint density at radius 2 is 1.97 bits per heavy atom. The van der Waals surface area contributed by atoms with Gasteiger partial charge in [-0.2, -0.15) is 0 Å². The number of hydrogen-bond acceptors (Lipinski definition) is 8. The van der Waals surface area contributed by atoms with Crippen LogP contribution in [0.1, 0.15) is 35.6 Å². The maximum absolute atomic E-state index is 13.0. The molecule has 2 aliphatic rings. The summed E-state index contributed by atoms with van der Waals surface area (Å²) in [6.07, 6.45) is 8.23. The zero-order valence-electron chi connectivity index (χ0n) is 22.1. The maximum Gasteiger partial charge on any atom is 0.262 e. The second kappa shape index (κ2) is 10.5. The van der Waals surface area contributed by atoms with E-state index in [0.29, 0.717) is 34.1 Å². The summed E-state index contributed by atoms with van der Waals surface area (Å²) in [5.41, 5.74) is 11.3. The smallest absolute Gasteiger partial charge is 0.262 e. The van der Waals surface area contributed by atoms with Crippen LogP contribution in [0.5, 0.6) is 0 Å². The molecule has 3 heterocycles. The highest BCUT2D eigenvalue weighted by Crippen LogP contribution is 2.51. The molecule has 0 bridgehead atoms. The van der Waals surface area contributed by atoms with Crippen LogP contribution in [0.4, 0.5) is 5.82 Å². The van der Waals surface area contributed by atoms with Gasteiger partial charge in [-0.05, 0) is 54.9 Å². The van der Waals surface area contributed by atoms with Gasteiger partial charge >= 0.3 is 0 Å². The summed E-state index contributed by atoms with van der Waals surface area (Å²) >= 11 is 8.08. The SMILES string of the molecule is COCCn1cnc2ccc(Sc3cnc(N4CCC5(CC4)Cc4ccc(C)cc4[C@H]5N)cn3)c(Cl)c2c1=O. The van der Waals surface area contributed by atoms with Crippen molar-refractivity contribution < 1.29 is 4.74 Å². The third kappa shape index (κ3) is 4.82. The quantitative estimate of drug-likeness (QED) is 0.358. The van der Waals surface area contributed by atoms with E-state index in [1.165, 1.54) is 39.3 Å². The van der Waals surface area contributed by atoms with Crippen LogP contribution in [0.2, 0.25) is 5.02 Å². The van der Waals surface area contributed by atoms with E-state index < -0.39 is 0 Å². The van der Waals surface area contributed by atoms with Crippen molar-refractivity contribution >= 4 is 40.1 Å². The molecule has 2 aromatic heterocycles. The molecule has 1 aliphatic carbocycles. The number of aromatic nitrogens is 4. The number of rotatable bonds is 6. The molecule has 1 saturated heterocycles. The van der Waals surface area contributed by atoms with Gasteiger partial charge in [0.1, 0.15) is 10.8 Å². The number of halogens is 1. The lowest BCUT2D eigenvalue weighted by Crippen LogP contribution is -2.44. The molecular weight excluding hydrogens is 532 g/mol. The van der Waals surface area contributed by atoms with Crippen molar-refractivity contribution in [2.75, 3.05) is 31.7 Å². The van der Waals surface area contributed by atoms with Crippen LogP contribution >= 0.6 is 23.4 Å². The molecule has 1 fully saturated rings. The lowest BCUT2D eigenvalue weighted by molar-refractivity contribution is 0.186. The molecule has 1 atom stereocenters. The van der Waals surface area contributed by atoms with Crippen molar-refractivity contribution in [3.8, 4) is 0 Å². The minimum atomic E-state index is -0.186. The molecule has 0 amide bonds. The van der Waals surface area contributed by atoms with Gasteiger partial charge in [0, 0.05) is 31.1 Å². The molecule has 4 aromatic rings. The minimum absolute atomic E-state index is 0.0883. The van der Waals surface area contributed by atoms with Gasteiger partial charge in [-0.25, -0.2) is 15.0 Å². The van der Waals surface area contributed by atoms with E-state index in [4.69, 9.17) is 27.1 Å². The van der Waals surface area contributed by atoms with Gasteiger partial charge in [-0.1, -0.05) is 47.1 Å². The summed E-state index contributed by atoms with van der Waals surface area (Å²) in [5.74, 6) is 0.865. The van der Waals surface area contributed by atoms with Gasteiger partial charge in [0.2, 0.25) is 0 Å². The van der Waals surface area contributed by atoms with Gasteiger partial charge in [-0.3, -0.25) is 9.36 Å². The van der Waals surface area contributed by atoms with E-state index in [0.717, 1.165) is 43.1 Å². The Kier molecular flexibility index (Phi) is 7.09. The number of nitrogens with two attached hydrogens (primary N) is 1. The molecule has 6 rings (SSSR count). The molecule has 2 aromatic carbocycles. The molecule has 39 heavy (non-hydrogen) atoms. The van der Waals surface area contributed by atoms with Gasteiger partial charge in [0.05, 0.1) is 47.8 Å². The van der Waals surface area contributed by atoms with Crippen molar-refractivity contribution in [3.05, 3.63) is 81.1 Å². The summed E-state index contributed by atoms with van der Waals surface area (Å²) in [6, 6.07) is 10.5. The summed E-state index contributed by atoms with van der Waals surface area (Å²) in [6.45, 7) is 4.77. The number of piperidine rings is 1. The van der Waals surface area contributed by atoms with Gasteiger partial charge < -0.3 is 15.4 Å². The lowest BCUT2D eigenvalue weighted by atomic mass is 9.73. The Balaban J connectivity index is 1.15. The van der Waals surface area contributed by atoms with Crippen LogP contribution in [-0.4, -0.2) is 46.3 Å². The molecule has 1 spiro atoms. The molecule has 2 N–H and O–H groups in total. The molecule has 1 aliphatic heterocycles. The molecule has 10 heteroatoms. The summed E-state index contributed by atoms with van der Waals surface area (Å²) in [5, 5.41) is 1.48. The number of aryl methyl sites for hydroxylation is 1. The maximum atomic E-state index is 13.0. The number of hydrogen-bond donors (Lipinski definition) is 1. The van der Waals surface area contributed by atoms with Crippen LogP contribution in [-0.2, 0) is 17.7 Å². The van der Waals surface area contributed by atoms with Crippen LogP contribution in [0, 0.1) is 12.3 Å². The molecule has 8 nitrogen and oxygen atoms in total. The molecule has 0 saturated carbocycles. The Labute approximate surface area is 236 Å². The third-order valence-electron chi connectivity index (χ3n) is 8.18. The van der Waals surface area contributed by atoms with E-state index in [2.05, 4.69) is 40.0 Å². The Morgan fingerprint density at radius 1 is 1.15 bits per heavy atom. The van der Waals surface area contributed by atoms with Crippen molar-refractivity contribution in [2.24, 2.45) is 11.1 Å². The number of anilines is 1. The highest BCUT2D eigenvalue weighted by atomic mass is 35.5. The van der Waals surface area contributed by atoms with Gasteiger partial charge in [0.15, 0.2) is 0 Å². The summed E-state index contributed by atoms with van der Waals surface area (Å²) < 4.78 is 6.61. The van der Waals surface area contributed by atoms with E-state index in [1.54, 1.807) is 13.3 Å². The van der Waals surface area contributed by atoms with Crippen LogP contribution in [0.3, 0.4) is 0 Å². The fraction of sp³-hybridized carbons (Fsp3) is 0.379. The average Bonchev–Trinajstić information content (AvgIpc) is 3.21. The Morgan fingerprint density at radius 3 is 2.72 bits per heavy atom. The molecular formula is C29H31ClN6O2S. The molecule has 202 valence electrons. The molecule has 0 radical (unpaired) electrons. The van der Waals surface area contributed by atoms with E-state index in [9.17, 15) is 4.79 Å². The number of fused-ring (bicyclic) bond motifs is 2. The third-order valence-corrected chi connectivity index (χ3v) is 9.67. The zero-order valence-corrected chi connectivity index (χ0v) is 23.6. The minimum Gasteiger partial charge on any atom is -0.383 e. The highest BCUT2D eigenvalue weighted by Gasteiger charge is 2.46. The second-order valence-electron chi connectivity index (χ2n) is 10.5. The van der Waals surface area contributed by atoms with Gasteiger partial charge in [-0.15, -0.1) is 0 Å². The van der Waals surface area contributed by atoms with Crippen molar-refractivity contribution in [1.82, 2.24) is 19.5 Å². The normalized spacial score (nSPS) is 18.2. The first kappa shape index (κ1) is 26.3. The van der Waals surface area contributed by atoms with Crippen molar-refractivity contribution in [2.45, 2.75) is 48.7 Å². The summed E-state index contributed by atoms with van der Waals surface area (Å²) in [4.78, 5) is 29.8. The fourth-order valence-electron chi connectivity index (χ4n) is 5.90. The predicted molar refractivity (Wildman–Crippen MR) is 155 cm³/mol. The first-order valence-electron chi connectivity index (χ1n) is 13.1. The predicted octanol–water partition coefficient (Wildman–Crippen LogP) is 4.79. The number of methoxy groups -OCH3 is 1. The van der Waals surface area contributed by atoms with Crippen LogP contribution in [0.25, 0.3) is 10.9 Å². The summed E-state index contributed by atoms with van der Waals surface area (Å²) in [7, 11) is 1.60. The number of ether oxygens (including phenoxy) is 1. The number of nitrogens with zero attached hydrogens (tertiary/aromatic N) is 5. The fourth-order valence-corrected chi connectivity index (χ4v) is 7.02. The first-order chi connectivity index (χ1) is 18.9. The topological polar surface area (TPSA) is 99.2 Å². The largest absolute Gasteiger partial charge is 0.383 e. The standard InChI is InChI=1S/C29H31ClN6O2S/c1-18-3-4-19-14-29(27(31)20(19)13-18)7-9-35(10-8-29)23-15-33-24(16-32-23)39-22-6-5-21-25(26(22)30)28(37)36(17-34-21)11-12-38-2/h3-6,13,15-17,27H,7-12,14,31H2,1-2H3/t27-/m1/s1. The zero-order chi connectivity index (χ0) is 27.1. The average molecular weight is 563 g/mol. The van der Waals surface area contributed by atoms with Crippen LogP contribution < -0.4 is 16.2 Å². The highest BCUT2D eigenvalue weighted by molar-refractivity contribution is 7.99. The van der Waals surface area contributed by atoms with E-state index in [1.807, 2.05) is 18.3 Å². The Hall–Kier alpha value is -2.98.